The molecular weight excluding hydrogens is 402 g/mol. The Morgan fingerprint density at radius 2 is 1.67 bits per heavy atom. The number of nitrogens with zero attached hydrogens (tertiary/aromatic N) is 1. The van der Waals surface area contributed by atoms with Gasteiger partial charge in [-0.25, -0.2) is 13.1 Å². The van der Waals surface area contributed by atoms with Crippen molar-refractivity contribution in [2.45, 2.75) is 62.8 Å². The third kappa shape index (κ3) is 6.62. The van der Waals surface area contributed by atoms with E-state index in [2.05, 4.69) is 14.9 Å². The van der Waals surface area contributed by atoms with Crippen LogP contribution in [0.25, 0.3) is 0 Å². The van der Waals surface area contributed by atoms with E-state index in [0.29, 0.717) is 5.56 Å². The van der Waals surface area contributed by atoms with E-state index >= 15 is 0 Å². The zero-order valence-electron chi connectivity index (χ0n) is 17.7. The first-order chi connectivity index (χ1) is 14.3. The van der Waals surface area contributed by atoms with Crippen LogP contribution in [0.1, 0.15) is 62.2 Å². The van der Waals surface area contributed by atoms with E-state index in [4.69, 9.17) is 0 Å². The van der Waals surface area contributed by atoms with Crippen molar-refractivity contribution in [3.05, 3.63) is 29.8 Å². The average Bonchev–Trinajstić information content (AvgIpc) is 3.22. The number of hydrogen-bond donors (Lipinski definition) is 2. The minimum Gasteiger partial charge on any atom is -0.353 e. The zero-order valence-corrected chi connectivity index (χ0v) is 18.5. The van der Waals surface area contributed by atoms with Crippen molar-refractivity contribution < 1.29 is 18.0 Å². The predicted molar refractivity (Wildman–Crippen MR) is 116 cm³/mol. The second-order valence-electron chi connectivity index (χ2n) is 8.52. The Hall–Kier alpha value is -1.77. The number of likely N-dealkylation sites (tertiary alicyclic amines) is 1. The van der Waals surface area contributed by atoms with Gasteiger partial charge in [0.1, 0.15) is 0 Å². The van der Waals surface area contributed by atoms with Crippen LogP contribution in [-0.2, 0) is 14.8 Å². The van der Waals surface area contributed by atoms with Gasteiger partial charge in [0.05, 0.1) is 4.90 Å². The summed E-state index contributed by atoms with van der Waals surface area (Å²) in [4.78, 5) is 26.1. The minimum atomic E-state index is -3.70. The van der Waals surface area contributed by atoms with E-state index in [-0.39, 0.29) is 35.6 Å². The number of rotatable bonds is 9. The number of ketones is 1. The maximum absolute atomic E-state index is 12.3. The summed E-state index contributed by atoms with van der Waals surface area (Å²) < 4.78 is 27.1. The first-order valence-corrected chi connectivity index (χ1v) is 12.4. The van der Waals surface area contributed by atoms with Gasteiger partial charge >= 0.3 is 0 Å². The van der Waals surface area contributed by atoms with Crippen LogP contribution >= 0.6 is 0 Å². The lowest BCUT2D eigenvalue weighted by Crippen LogP contribution is -2.46. The maximum atomic E-state index is 12.3. The molecule has 1 aromatic rings. The van der Waals surface area contributed by atoms with Gasteiger partial charge in [-0.05, 0) is 50.7 Å². The SMILES string of the molecule is CC(=O)c1ccc(S(=O)(=O)NCCC(=O)NC2CCN(CC3CCCC3)CC2)cc1. The number of carbonyl (C=O) groups excluding carboxylic acids is 2. The molecule has 7 nitrogen and oxygen atoms in total. The fourth-order valence-corrected chi connectivity index (χ4v) is 5.40. The molecule has 1 amide bonds. The van der Waals surface area contributed by atoms with Crippen LogP contribution in [0, 0.1) is 5.92 Å². The first kappa shape index (κ1) is 22.9. The monoisotopic (exact) mass is 435 g/mol. The van der Waals surface area contributed by atoms with Crippen LogP contribution in [0.5, 0.6) is 0 Å². The predicted octanol–water partition coefficient (Wildman–Crippen LogP) is 2.33. The molecule has 166 valence electrons. The van der Waals surface area contributed by atoms with E-state index in [9.17, 15) is 18.0 Å². The van der Waals surface area contributed by atoms with Crippen molar-refractivity contribution >= 4 is 21.7 Å². The van der Waals surface area contributed by atoms with Gasteiger partial charge in [0.2, 0.25) is 15.9 Å². The lowest BCUT2D eigenvalue weighted by molar-refractivity contribution is -0.121. The molecule has 1 aliphatic carbocycles. The van der Waals surface area contributed by atoms with E-state index in [1.54, 1.807) is 0 Å². The largest absolute Gasteiger partial charge is 0.353 e. The first-order valence-electron chi connectivity index (χ1n) is 11.0. The Morgan fingerprint density at radius 1 is 1.03 bits per heavy atom. The number of piperidine rings is 1. The third-order valence-corrected chi connectivity index (χ3v) is 7.64. The van der Waals surface area contributed by atoms with Crippen LogP contribution in [0.2, 0.25) is 0 Å². The molecule has 1 saturated carbocycles. The molecule has 2 fully saturated rings. The number of carbonyl (C=O) groups is 2. The Labute approximate surface area is 179 Å². The van der Waals surface area contributed by atoms with E-state index < -0.39 is 10.0 Å². The van der Waals surface area contributed by atoms with Crippen LogP contribution in [-0.4, -0.2) is 57.2 Å². The van der Waals surface area contributed by atoms with Gasteiger partial charge in [-0.3, -0.25) is 9.59 Å². The molecule has 0 bridgehead atoms. The molecule has 0 aromatic heterocycles. The Morgan fingerprint density at radius 3 is 2.27 bits per heavy atom. The number of nitrogens with one attached hydrogen (secondary N) is 2. The Balaban J connectivity index is 1.36. The number of amides is 1. The number of benzene rings is 1. The van der Waals surface area contributed by atoms with Crippen molar-refractivity contribution in [3.8, 4) is 0 Å². The van der Waals surface area contributed by atoms with Gasteiger partial charge in [-0.1, -0.05) is 25.0 Å². The molecular formula is C22H33N3O4S. The smallest absolute Gasteiger partial charge is 0.240 e. The molecule has 30 heavy (non-hydrogen) atoms. The molecule has 0 unspecified atom stereocenters. The normalized spacial score (nSPS) is 19.1. The summed E-state index contributed by atoms with van der Waals surface area (Å²) in [5.74, 6) is 0.606. The average molecular weight is 436 g/mol. The molecule has 8 heteroatoms. The second-order valence-corrected chi connectivity index (χ2v) is 10.3. The standard InChI is InChI=1S/C22H33N3O4S/c1-17(26)19-6-8-21(9-7-19)30(28,29)23-13-10-22(27)24-20-11-14-25(15-12-20)16-18-4-2-3-5-18/h6-9,18,20,23H,2-5,10-16H2,1H3,(H,24,27). The molecule has 2 aliphatic rings. The molecule has 3 rings (SSSR count). The Bertz CT molecular complexity index is 824. The molecule has 1 heterocycles. The minimum absolute atomic E-state index is 0.0448. The maximum Gasteiger partial charge on any atom is 0.240 e. The summed E-state index contributed by atoms with van der Waals surface area (Å²) in [6, 6.07) is 5.95. The van der Waals surface area contributed by atoms with Gasteiger partial charge in [0.15, 0.2) is 5.78 Å². The van der Waals surface area contributed by atoms with Crippen molar-refractivity contribution in [1.29, 1.82) is 0 Å². The highest BCUT2D eigenvalue weighted by Gasteiger charge is 2.24. The summed E-state index contributed by atoms with van der Waals surface area (Å²) in [5.41, 5.74) is 0.461. The number of Topliss-reactive ketones (excluding diaryl/α,β-unsaturated/α-hetero) is 1. The second kappa shape index (κ2) is 10.5. The lowest BCUT2D eigenvalue weighted by Gasteiger charge is -2.33. The van der Waals surface area contributed by atoms with Crippen LogP contribution in [0.3, 0.4) is 0 Å². The molecule has 1 saturated heterocycles. The molecule has 0 atom stereocenters. The number of sulfonamides is 1. The fraction of sp³-hybridized carbons (Fsp3) is 0.636. The van der Waals surface area contributed by atoms with Gasteiger partial charge in [-0.15, -0.1) is 0 Å². The highest BCUT2D eigenvalue weighted by atomic mass is 32.2. The summed E-state index contributed by atoms with van der Waals surface area (Å²) in [6.07, 6.45) is 7.45. The van der Waals surface area contributed by atoms with E-state index in [1.165, 1.54) is 63.4 Å². The van der Waals surface area contributed by atoms with Gasteiger partial charge < -0.3 is 10.2 Å². The van der Waals surface area contributed by atoms with Crippen molar-refractivity contribution in [2.24, 2.45) is 5.92 Å². The van der Waals surface area contributed by atoms with Crippen LogP contribution < -0.4 is 10.0 Å². The zero-order chi connectivity index (χ0) is 21.6. The summed E-state index contributed by atoms with van der Waals surface area (Å²) >= 11 is 0. The molecule has 1 aromatic carbocycles. The number of hydrogen-bond acceptors (Lipinski definition) is 5. The van der Waals surface area contributed by atoms with Gasteiger partial charge in [-0.2, -0.15) is 0 Å². The van der Waals surface area contributed by atoms with E-state index in [1.807, 2.05) is 0 Å². The van der Waals surface area contributed by atoms with Crippen LogP contribution in [0.15, 0.2) is 29.2 Å². The summed E-state index contributed by atoms with van der Waals surface area (Å²) in [5, 5.41) is 3.04. The third-order valence-electron chi connectivity index (χ3n) is 6.16. The van der Waals surface area contributed by atoms with E-state index in [0.717, 1.165) is 31.8 Å². The quantitative estimate of drug-likeness (QED) is 0.581. The van der Waals surface area contributed by atoms with Crippen molar-refractivity contribution in [1.82, 2.24) is 14.9 Å². The molecule has 1 aliphatic heterocycles. The lowest BCUT2D eigenvalue weighted by atomic mass is 10.0. The highest BCUT2D eigenvalue weighted by molar-refractivity contribution is 7.89. The molecule has 0 radical (unpaired) electrons. The fourth-order valence-electron chi connectivity index (χ4n) is 4.37. The molecule has 0 spiro atoms. The topological polar surface area (TPSA) is 95.6 Å². The van der Waals surface area contributed by atoms with Crippen molar-refractivity contribution in [3.63, 3.8) is 0 Å². The van der Waals surface area contributed by atoms with Crippen molar-refractivity contribution in [2.75, 3.05) is 26.2 Å². The van der Waals surface area contributed by atoms with Gasteiger partial charge in [0, 0.05) is 44.2 Å². The van der Waals surface area contributed by atoms with Gasteiger partial charge in [0.25, 0.3) is 0 Å². The van der Waals surface area contributed by atoms with Crippen LogP contribution in [0.4, 0.5) is 0 Å². The Kier molecular flexibility index (Phi) is 8.02. The summed E-state index contributed by atoms with van der Waals surface area (Å²) in [6.45, 7) is 4.70. The molecule has 2 N–H and O–H groups in total. The highest BCUT2D eigenvalue weighted by Crippen LogP contribution is 2.26. The summed E-state index contributed by atoms with van der Waals surface area (Å²) in [7, 11) is -3.70.